The molecule has 3 saturated heterocycles. The highest BCUT2D eigenvalue weighted by Crippen LogP contribution is 2.41. The molecule has 1 N–H and O–H groups in total. The van der Waals surface area contributed by atoms with Crippen LogP contribution in [0.2, 0.25) is 5.02 Å². The summed E-state index contributed by atoms with van der Waals surface area (Å²) in [6, 6.07) is 16.8. The van der Waals surface area contributed by atoms with Gasteiger partial charge in [0.25, 0.3) is 5.91 Å². The third-order valence-corrected chi connectivity index (χ3v) is 6.90. The minimum atomic E-state index is -0.758. The zero-order valence-electron chi connectivity index (χ0n) is 16.6. The Bertz CT molecular complexity index is 977. The van der Waals surface area contributed by atoms with Crippen molar-refractivity contribution >= 4 is 23.4 Å². The van der Waals surface area contributed by atoms with Crippen LogP contribution in [0.15, 0.2) is 54.6 Å². The molecule has 0 bridgehead atoms. The second kappa shape index (κ2) is 7.46. The van der Waals surface area contributed by atoms with Crippen LogP contribution in [-0.2, 0) is 22.7 Å². The molecule has 2 aromatic carbocycles. The van der Waals surface area contributed by atoms with Crippen molar-refractivity contribution in [1.82, 2.24) is 14.7 Å². The second-order valence-electron chi connectivity index (χ2n) is 8.54. The van der Waals surface area contributed by atoms with Gasteiger partial charge in [0.05, 0.1) is 18.7 Å². The molecule has 0 unspecified atom stereocenters. The molecule has 2 atom stereocenters. The number of fused-ring (bicyclic) bond motifs is 2. The van der Waals surface area contributed by atoms with Gasteiger partial charge in [0, 0.05) is 31.2 Å². The van der Waals surface area contributed by atoms with Crippen LogP contribution in [-0.4, -0.2) is 68.9 Å². The maximum atomic E-state index is 13.6. The minimum absolute atomic E-state index is 0.155. The maximum Gasteiger partial charge on any atom is 0.252 e. The molecule has 0 aliphatic carbocycles. The lowest BCUT2D eigenvalue weighted by Crippen LogP contribution is -2.81. The monoisotopic (exact) mass is 425 g/mol. The van der Waals surface area contributed by atoms with Crippen LogP contribution in [0.3, 0.4) is 0 Å². The summed E-state index contributed by atoms with van der Waals surface area (Å²) in [5.41, 5.74) is 1.19. The zero-order valence-corrected chi connectivity index (χ0v) is 17.3. The third kappa shape index (κ3) is 3.15. The number of likely N-dealkylation sites (tertiary alicyclic amines) is 1. The van der Waals surface area contributed by atoms with Crippen LogP contribution in [0.1, 0.15) is 17.5 Å². The molecular formula is C23H24ClN3O3. The van der Waals surface area contributed by atoms with E-state index in [0.717, 1.165) is 11.1 Å². The molecule has 3 fully saturated rings. The molecule has 5 rings (SSSR count). The number of halogens is 1. The van der Waals surface area contributed by atoms with Crippen molar-refractivity contribution in [2.45, 2.75) is 37.2 Å². The van der Waals surface area contributed by atoms with Gasteiger partial charge in [-0.1, -0.05) is 60.1 Å². The van der Waals surface area contributed by atoms with Crippen molar-refractivity contribution in [3.63, 3.8) is 0 Å². The number of carbonyl (C=O) groups excluding carboxylic acids is 2. The van der Waals surface area contributed by atoms with Crippen molar-refractivity contribution in [3.05, 3.63) is 70.7 Å². The summed E-state index contributed by atoms with van der Waals surface area (Å²) in [6.07, 6.45) is -0.207. The number of rotatable bonds is 4. The second-order valence-corrected chi connectivity index (χ2v) is 8.95. The first kappa shape index (κ1) is 19.7. The molecule has 2 amide bonds. The number of hydrogen-bond donors (Lipinski definition) is 1. The van der Waals surface area contributed by atoms with Gasteiger partial charge in [-0.2, -0.15) is 0 Å². The molecule has 6 nitrogen and oxygen atoms in total. The molecule has 0 radical (unpaired) electrons. The van der Waals surface area contributed by atoms with E-state index < -0.39 is 17.7 Å². The highest BCUT2D eigenvalue weighted by Gasteiger charge is 2.64. The summed E-state index contributed by atoms with van der Waals surface area (Å²) in [7, 11) is 0. The largest absolute Gasteiger partial charge is 0.392 e. The lowest BCUT2D eigenvalue weighted by Gasteiger charge is -2.58. The average molecular weight is 426 g/mol. The van der Waals surface area contributed by atoms with Gasteiger partial charge in [0.1, 0.15) is 5.54 Å². The van der Waals surface area contributed by atoms with E-state index in [0.29, 0.717) is 37.6 Å². The molecule has 1 spiro atoms. The van der Waals surface area contributed by atoms with E-state index in [1.54, 1.807) is 0 Å². The standard InChI is InChI=1S/C23H24ClN3O3/c24-19-9-5-4-8-17(19)12-25-14-23(15-25)22(30)26(11-16-6-2-1-3-7-16)21(29)20-10-18(28)13-27(20)23/h1-9,18,20,28H,10-15H2/t18-,20+/m1/s1. The number of piperazine rings is 1. The Hall–Kier alpha value is -2.25. The number of nitrogens with zero attached hydrogens (tertiary/aromatic N) is 3. The summed E-state index contributed by atoms with van der Waals surface area (Å²) >= 11 is 6.31. The molecule has 7 heteroatoms. The lowest BCUT2D eigenvalue weighted by atomic mass is 9.82. The molecule has 3 aliphatic heterocycles. The van der Waals surface area contributed by atoms with Crippen molar-refractivity contribution in [2.24, 2.45) is 0 Å². The van der Waals surface area contributed by atoms with Gasteiger partial charge < -0.3 is 5.11 Å². The van der Waals surface area contributed by atoms with Crippen LogP contribution in [0, 0.1) is 0 Å². The normalized spacial score (nSPS) is 26.1. The number of aliphatic hydroxyl groups excluding tert-OH is 1. The van der Waals surface area contributed by atoms with Crippen molar-refractivity contribution in [3.8, 4) is 0 Å². The van der Waals surface area contributed by atoms with Crippen LogP contribution in [0.4, 0.5) is 0 Å². The Morgan fingerprint density at radius 2 is 1.70 bits per heavy atom. The first-order chi connectivity index (χ1) is 14.5. The number of hydrogen-bond acceptors (Lipinski definition) is 5. The average Bonchev–Trinajstić information content (AvgIpc) is 3.11. The number of imide groups is 1. The van der Waals surface area contributed by atoms with E-state index in [2.05, 4.69) is 4.90 Å². The predicted molar refractivity (Wildman–Crippen MR) is 113 cm³/mol. The van der Waals surface area contributed by atoms with Gasteiger partial charge in [0.2, 0.25) is 5.91 Å². The highest BCUT2D eigenvalue weighted by molar-refractivity contribution is 6.31. The topological polar surface area (TPSA) is 64.1 Å². The van der Waals surface area contributed by atoms with Gasteiger partial charge in [-0.05, 0) is 23.6 Å². The fourth-order valence-corrected chi connectivity index (χ4v) is 5.28. The summed E-state index contributed by atoms with van der Waals surface area (Å²) < 4.78 is 0. The van der Waals surface area contributed by atoms with Gasteiger partial charge >= 0.3 is 0 Å². The highest BCUT2D eigenvalue weighted by atomic mass is 35.5. The fraction of sp³-hybridized carbons (Fsp3) is 0.391. The number of benzene rings is 2. The Labute approximate surface area is 180 Å². The minimum Gasteiger partial charge on any atom is -0.392 e. The van der Waals surface area contributed by atoms with Crippen LogP contribution in [0.25, 0.3) is 0 Å². The Morgan fingerprint density at radius 1 is 1.00 bits per heavy atom. The smallest absolute Gasteiger partial charge is 0.252 e. The summed E-state index contributed by atoms with van der Waals surface area (Å²) in [6.45, 7) is 2.34. The Kier molecular flexibility index (Phi) is 4.90. The van der Waals surface area contributed by atoms with E-state index >= 15 is 0 Å². The number of aliphatic hydroxyl groups is 1. The predicted octanol–water partition coefficient (Wildman–Crippen LogP) is 1.90. The van der Waals surface area contributed by atoms with E-state index in [-0.39, 0.29) is 18.4 Å². The Balaban J connectivity index is 1.40. The van der Waals surface area contributed by atoms with E-state index in [1.165, 1.54) is 4.90 Å². The number of β-amino-alcohol motifs (C(OH)–C–C–N with tert-alkyl or cyclic N) is 1. The van der Waals surface area contributed by atoms with E-state index in [9.17, 15) is 14.7 Å². The SMILES string of the molecule is O=C1[C@@H]2C[C@@H](O)CN2C2(CN(Cc3ccccc3Cl)C2)C(=O)N1Cc1ccccc1. The van der Waals surface area contributed by atoms with Gasteiger partial charge in [-0.15, -0.1) is 0 Å². The molecule has 3 aliphatic rings. The fourth-order valence-electron chi connectivity index (χ4n) is 5.08. The van der Waals surface area contributed by atoms with Crippen molar-refractivity contribution in [2.75, 3.05) is 19.6 Å². The number of amides is 2. The third-order valence-electron chi connectivity index (χ3n) is 6.53. The molecule has 2 aromatic rings. The zero-order chi connectivity index (χ0) is 20.9. The molecule has 30 heavy (non-hydrogen) atoms. The summed E-state index contributed by atoms with van der Waals surface area (Å²) in [4.78, 5) is 32.3. The maximum absolute atomic E-state index is 13.6. The molecular weight excluding hydrogens is 402 g/mol. The van der Waals surface area contributed by atoms with Gasteiger partial charge in [0.15, 0.2) is 0 Å². The van der Waals surface area contributed by atoms with Crippen molar-refractivity contribution in [1.29, 1.82) is 0 Å². The first-order valence-corrected chi connectivity index (χ1v) is 10.7. The summed E-state index contributed by atoms with van der Waals surface area (Å²) in [5.74, 6) is -0.354. The molecule has 0 aromatic heterocycles. The van der Waals surface area contributed by atoms with Crippen LogP contribution < -0.4 is 0 Å². The van der Waals surface area contributed by atoms with E-state index in [1.807, 2.05) is 59.5 Å². The van der Waals surface area contributed by atoms with Gasteiger partial charge in [-0.25, -0.2) is 0 Å². The first-order valence-electron chi connectivity index (χ1n) is 10.3. The molecule has 156 valence electrons. The van der Waals surface area contributed by atoms with E-state index in [4.69, 9.17) is 11.6 Å². The van der Waals surface area contributed by atoms with Crippen LogP contribution in [0.5, 0.6) is 0 Å². The Morgan fingerprint density at radius 3 is 2.43 bits per heavy atom. The molecule has 3 heterocycles. The number of carbonyl (C=O) groups is 2. The lowest BCUT2D eigenvalue weighted by molar-refractivity contribution is -0.181. The van der Waals surface area contributed by atoms with Crippen molar-refractivity contribution < 1.29 is 14.7 Å². The summed E-state index contributed by atoms with van der Waals surface area (Å²) in [5, 5.41) is 11.0. The quantitative estimate of drug-likeness (QED) is 0.758. The van der Waals surface area contributed by atoms with Crippen LogP contribution >= 0.6 is 11.6 Å². The molecule has 0 saturated carbocycles. The van der Waals surface area contributed by atoms with Gasteiger partial charge in [-0.3, -0.25) is 24.3 Å².